The summed E-state index contributed by atoms with van der Waals surface area (Å²) in [7, 11) is 1.57. The maximum Gasteiger partial charge on any atom is 0.416 e. The van der Waals surface area contributed by atoms with Gasteiger partial charge in [0.15, 0.2) is 11.6 Å². The second kappa shape index (κ2) is 5.52. The second-order valence-electron chi connectivity index (χ2n) is 4.99. The molecule has 1 aromatic heterocycles. The van der Waals surface area contributed by atoms with E-state index < -0.39 is 23.6 Å². The van der Waals surface area contributed by atoms with Crippen molar-refractivity contribution in [1.82, 2.24) is 9.97 Å². The van der Waals surface area contributed by atoms with Crippen molar-refractivity contribution in [3.63, 3.8) is 0 Å². The number of nitrogens with zero attached hydrogens (tertiary/aromatic N) is 3. The van der Waals surface area contributed by atoms with Crippen molar-refractivity contribution >= 4 is 17.4 Å². The Kier molecular flexibility index (Phi) is 3.79. The van der Waals surface area contributed by atoms with Crippen LogP contribution < -0.4 is 9.64 Å². The predicted molar refractivity (Wildman–Crippen MR) is 75.1 cm³/mol. The van der Waals surface area contributed by atoms with E-state index in [-0.39, 0.29) is 23.3 Å². The molecule has 0 aliphatic carbocycles. The molecule has 0 spiro atoms. The number of hydrogen-bond acceptors (Lipinski definition) is 4. The van der Waals surface area contributed by atoms with E-state index in [1.807, 2.05) is 0 Å². The van der Waals surface area contributed by atoms with Crippen molar-refractivity contribution in [1.29, 1.82) is 0 Å². The highest BCUT2D eigenvalue weighted by molar-refractivity contribution is 6.28. The topological polar surface area (TPSA) is 38.2 Å². The Morgan fingerprint density at radius 3 is 2.78 bits per heavy atom. The van der Waals surface area contributed by atoms with Crippen LogP contribution in [0.25, 0.3) is 0 Å². The molecular weight excluding hydrogens is 338 g/mol. The molecule has 0 saturated carbocycles. The summed E-state index contributed by atoms with van der Waals surface area (Å²) in [5.74, 6) is -0.353. The lowest BCUT2D eigenvalue weighted by Crippen LogP contribution is -2.35. The zero-order valence-corrected chi connectivity index (χ0v) is 12.5. The summed E-state index contributed by atoms with van der Waals surface area (Å²) in [5.41, 5.74) is -1.14. The molecule has 1 aliphatic rings. The van der Waals surface area contributed by atoms with Crippen molar-refractivity contribution in [3.8, 4) is 5.75 Å². The molecule has 0 radical (unpaired) electrons. The number of halogens is 5. The minimum Gasteiger partial charge on any atom is -0.486 e. The van der Waals surface area contributed by atoms with Crippen molar-refractivity contribution in [3.05, 3.63) is 46.6 Å². The molecule has 1 aliphatic heterocycles. The van der Waals surface area contributed by atoms with Crippen LogP contribution in [0.15, 0.2) is 24.4 Å². The van der Waals surface area contributed by atoms with Crippen LogP contribution in [-0.4, -0.2) is 23.6 Å². The summed E-state index contributed by atoms with van der Waals surface area (Å²) >= 11 is 5.73. The van der Waals surface area contributed by atoms with Gasteiger partial charge in [0.1, 0.15) is 12.4 Å². The second-order valence-corrected chi connectivity index (χ2v) is 5.33. The molecule has 23 heavy (non-hydrogen) atoms. The first-order valence-electron chi connectivity index (χ1n) is 6.52. The average Bonchev–Trinajstić information content (AvgIpc) is 2.48. The Balaban J connectivity index is 2.07. The molecule has 3 rings (SSSR count). The summed E-state index contributed by atoms with van der Waals surface area (Å²) in [4.78, 5) is 9.25. The summed E-state index contributed by atoms with van der Waals surface area (Å²) in [6.07, 6.45) is -3.32. The van der Waals surface area contributed by atoms with Gasteiger partial charge in [0, 0.05) is 7.05 Å². The maximum atomic E-state index is 13.3. The zero-order valence-electron chi connectivity index (χ0n) is 11.7. The van der Waals surface area contributed by atoms with Crippen LogP contribution in [0.5, 0.6) is 5.75 Å². The number of rotatable bonds is 1. The SMILES string of the molecule is CN1c2nc(Cl)ncc2OCC1c1ccc(F)cc1C(F)(F)F. The van der Waals surface area contributed by atoms with Gasteiger partial charge in [-0.25, -0.2) is 9.37 Å². The van der Waals surface area contributed by atoms with E-state index >= 15 is 0 Å². The number of fused-ring (bicyclic) bond motifs is 1. The Morgan fingerprint density at radius 2 is 2.09 bits per heavy atom. The van der Waals surface area contributed by atoms with E-state index in [1.54, 1.807) is 7.05 Å². The molecule has 2 aromatic rings. The van der Waals surface area contributed by atoms with Crippen LogP contribution in [0.2, 0.25) is 5.28 Å². The molecule has 4 nitrogen and oxygen atoms in total. The van der Waals surface area contributed by atoms with E-state index in [4.69, 9.17) is 16.3 Å². The number of anilines is 1. The normalized spacial score (nSPS) is 17.7. The van der Waals surface area contributed by atoms with Gasteiger partial charge in [-0.15, -0.1) is 0 Å². The largest absolute Gasteiger partial charge is 0.486 e. The highest BCUT2D eigenvalue weighted by atomic mass is 35.5. The minimum atomic E-state index is -4.68. The van der Waals surface area contributed by atoms with Gasteiger partial charge in [-0.1, -0.05) is 6.07 Å². The lowest BCUT2D eigenvalue weighted by Gasteiger charge is -2.35. The van der Waals surface area contributed by atoms with Gasteiger partial charge in [0.2, 0.25) is 5.28 Å². The molecule has 1 unspecified atom stereocenters. The van der Waals surface area contributed by atoms with Gasteiger partial charge in [0.25, 0.3) is 0 Å². The van der Waals surface area contributed by atoms with Gasteiger partial charge in [-0.3, -0.25) is 0 Å². The van der Waals surface area contributed by atoms with Gasteiger partial charge in [-0.05, 0) is 29.3 Å². The number of hydrogen-bond donors (Lipinski definition) is 0. The molecule has 1 atom stereocenters. The molecule has 0 amide bonds. The Morgan fingerprint density at radius 1 is 1.35 bits per heavy atom. The van der Waals surface area contributed by atoms with Crippen LogP contribution in [0.4, 0.5) is 23.4 Å². The number of benzene rings is 1. The van der Waals surface area contributed by atoms with E-state index in [0.717, 1.165) is 12.1 Å². The molecule has 9 heteroatoms. The van der Waals surface area contributed by atoms with Gasteiger partial charge < -0.3 is 9.64 Å². The van der Waals surface area contributed by atoms with Gasteiger partial charge >= 0.3 is 6.18 Å². The number of alkyl halides is 3. The molecule has 0 N–H and O–H groups in total. The van der Waals surface area contributed by atoms with Crippen LogP contribution in [-0.2, 0) is 6.18 Å². The van der Waals surface area contributed by atoms with E-state index in [0.29, 0.717) is 11.8 Å². The number of aromatic nitrogens is 2. The summed E-state index contributed by atoms with van der Waals surface area (Å²) < 4.78 is 58.3. The van der Waals surface area contributed by atoms with Gasteiger partial charge in [0.05, 0.1) is 17.8 Å². The summed E-state index contributed by atoms with van der Waals surface area (Å²) in [6.45, 7) is -0.0524. The van der Waals surface area contributed by atoms with E-state index in [1.165, 1.54) is 11.1 Å². The standard InChI is InChI=1S/C14H10ClF4N3O/c1-22-10(6-23-11-5-20-13(15)21-12(11)22)8-3-2-7(16)4-9(8)14(17,18)19/h2-5,10H,6H2,1H3. The minimum absolute atomic E-state index is 0.0463. The van der Waals surface area contributed by atoms with Crippen LogP contribution >= 0.6 is 11.6 Å². The quantitative estimate of drug-likeness (QED) is 0.580. The first kappa shape index (κ1) is 15.8. The summed E-state index contributed by atoms with van der Waals surface area (Å²) in [6, 6.07) is 1.79. The molecule has 1 aromatic carbocycles. The highest BCUT2D eigenvalue weighted by Crippen LogP contribution is 2.41. The van der Waals surface area contributed by atoms with Crippen molar-refractivity contribution in [2.24, 2.45) is 0 Å². The van der Waals surface area contributed by atoms with Crippen molar-refractivity contribution in [2.75, 3.05) is 18.6 Å². The average molecular weight is 348 g/mol. The highest BCUT2D eigenvalue weighted by Gasteiger charge is 2.38. The Bertz CT molecular complexity index is 753. The molecule has 0 bridgehead atoms. The lowest BCUT2D eigenvalue weighted by molar-refractivity contribution is -0.138. The molecule has 2 heterocycles. The monoisotopic (exact) mass is 347 g/mol. The van der Waals surface area contributed by atoms with Crippen LogP contribution in [0.3, 0.4) is 0 Å². The molecular formula is C14H10ClF4N3O. The summed E-state index contributed by atoms with van der Waals surface area (Å²) in [5, 5.41) is -0.0463. The third kappa shape index (κ3) is 2.90. The van der Waals surface area contributed by atoms with E-state index in [2.05, 4.69) is 9.97 Å². The van der Waals surface area contributed by atoms with Gasteiger partial charge in [-0.2, -0.15) is 18.2 Å². The van der Waals surface area contributed by atoms with E-state index in [9.17, 15) is 17.6 Å². The number of ether oxygens (including phenoxy) is 1. The molecule has 0 fully saturated rings. The lowest BCUT2D eigenvalue weighted by atomic mass is 9.98. The third-order valence-electron chi connectivity index (χ3n) is 3.58. The predicted octanol–water partition coefficient (Wildman–Crippen LogP) is 3.86. The molecule has 0 saturated heterocycles. The van der Waals surface area contributed by atoms with Crippen LogP contribution in [0, 0.1) is 5.82 Å². The fraction of sp³-hybridized carbons (Fsp3) is 0.286. The fourth-order valence-corrected chi connectivity index (χ4v) is 2.62. The first-order chi connectivity index (χ1) is 10.8. The first-order valence-corrected chi connectivity index (χ1v) is 6.90. The third-order valence-corrected chi connectivity index (χ3v) is 3.77. The van der Waals surface area contributed by atoms with Crippen LogP contribution in [0.1, 0.15) is 17.2 Å². The zero-order chi connectivity index (χ0) is 16.8. The van der Waals surface area contributed by atoms with Crippen molar-refractivity contribution in [2.45, 2.75) is 12.2 Å². The Labute approximate surface area is 133 Å². The maximum absolute atomic E-state index is 13.3. The molecule has 122 valence electrons. The smallest absolute Gasteiger partial charge is 0.416 e. The fourth-order valence-electron chi connectivity index (χ4n) is 2.49. The van der Waals surface area contributed by atoms with Crippen molar-refractivity contribution < 1.29 is 22.3 Å². The Hall–Kier alpha value is -2.09. The number of likely N-dealkylation sites (N-methyl/N-ethyl adjacent to an activating group) is 1.